The van der Waals surface area contributed by atoms with Gasteiger partial charge in [-0.25, -0.2) is 22.2 Å². The summed E-state index contributed by atoms with van der Waals surface area (Å²) >= 11 is 1.02. The third kappa shape index (κ3) is 5.03. The molecule has 10 heteroatoms. The molecule has 0 atom stereocenters. The second-order valence-corrected chi connectivity index (χ2v) is 7.14. The average molecular weight is 361 g/mol. The average Bonchev–Trinajstić information content (AvgIpc) is 2.46. The largest absolute Gasteiger partial charge is 0.481 e. The highest BCUT2D eigenvalue weighted by Gasteiger charge is 2.12. The number of rotatable bonds is 6. The van der Waals surface area contributed by atoms with E-state index < -0.39 is 21.7 Å². The van der Waals surface area contributed by atoms with Crippen LogP contribution in [0.15, 0.2) is 29.4 Å². The lowest BCUT2D eigenvalue weighted by Crippen LogP contribution is -2.11. The van der Waals surface area contributed by atoms with Crippen LogP contribution < -0.4 is 9.46 Å². The Balaban J connectivity index is 2.22. The number of nitrogens with zero attached hydrogens (tertiary/aromatic N) is 2. The maximum absolute atomic E-state index is 13.6. The summed E-state index contributed by atoms with van der Waals surface area (Å²) in [5.74, 6) is -1.61. The van der Waals surface area contributed by atoms with Crippen LogP contribution in [-0.2, 0) is 15.8 Å². The van der Waals surface area contributed by atoms with Crippen molar-refractivity contribution in [1.82, 2.24) is 9.97 Å². The lowest BCUT2D eigenvalue weighted by atomic mass is 10.2. The van der Waals surface area contributed by atoms with E-state index in [-0.39, 0.29) is 28.2 Å². The number of thioether (sulfide) groups is 1. The Labute approximate surface area is 136 Å². The molecule has 6 nitrogen and oxygen atoms in total. The van der Waals surface area contributed by atoms with Crippen LogP contribution in [0.25, 0.3) is 0 Å². The van der Waals surface area contributed by atoms with Crippen LogP contribution in [0.5, 0.6) is 5.88 Å². The fourth-order valence-corrected chi connectivity index (χ4v) is 2.93. The van der Waals surface area contributed by atoms with Crippen molar-refractivity contribution >= 4 is 27.6 Å². The minimum Gasteiger partial charge on any atom is -0.481 e. The molecule has 1 heterocycles. The monoisotopic (exact) mass is 361 g/mol. The smallest absolute Gasteiger partial charge is 0.230 e. The molecule has 0 aliphatic carbocycles. The molecule has 0 unspecified atom stereocenters. The second-order valence-electron chi connectivity index (χ2n) is 4.45. The number of anilines is 1. The maximum atomic E-state index is 13.6. The molecule has 0 aliphatic heterocycles. The summed E-state index contributed by atoms with van der Waals surface area (Å²) < 4.78 is 56.5. The van der Waals surface area contributed by atoms with E-state index in [2.05, 4.69) is 14.7 Å². The molecule has 23 heavy (non-hydrogen) atoms. The molecule has 2 rings (SSSR count). The lowest BCUT2D eigenvalue weighted by Gasteiger charge is -2.08. The zero-order chi connectivity index (χ0) is 17.0. The maximum Gasteiger partial charge on any atom is 0.230 e. The van der Waals surface area contributed by atoms with E-state index in [0.717, 1.165) is 24.1 Å². The van der Waals surface area contributed by atoms with Crippen molar-refractivity contribution in [1.29, 1.82) is 0 Å². The SMILES string of the molecule is COc1cc(NS(C)(=O)=O)nc(SCc2cccc(F)c2F)n1. The zero-order valence-electron chi connectivity index (χ0n) is 12.2. The molecule has 0 fully saturated rings. The number of benzene rings is 1. The van der Waals surface area contributed by atoms with Gasteiger partial charge < -0.3 is 4.74 Å². The topological polar surface area (TPSA) is 81.2 Å². The Bertz CT molecular complexity index is 816. The normalized spacial score (nSPS) is 11.3. The Morgan fingerprint density at radius 3 is 2.70 bits per heavy atom. The number of hydrogen-bond donors (Lipinski definition) is 1. The van der Waals surface area contributed by atoms with Gasteiger partial charge in [0, 0.05) is 17.4 Å². The van der Waals surface area contributed by atoms with Gasteiger partial charge in [-0.3, -0.25) is 4.72 Å². The third-order valence-corrected chi connectivity index (χ3v) is 4.05. The Morgan fingerprint density at radius 2 is 2.04 bits per heavy atom. The van der Waals surface area contributed by atoms with Crippen LogP contribution in [0.2, 0.25) is 0 Å². The first-order valence-corrected chi connectivity index (χ1v) is 9.13. The van der Waals surface area contributed by atoms with Crippen LogP contribution in [0.4, 0.5) is 14.6 Å². The van der Waals surface area contributed by atoms with Gasteiger partial charge in [0.2, 0.25) is 15.9 Å². The number of hydrogen-bond acceptors (Lipinski definition) is 6. The highest BCUT2D eigenvalue weighted by molar-refractivity contribution is 7.98. The molecule has 0 radical (unpaired) electrons. The number of methoxy groups -OCH3 is 1. The fraction of sp³-hybridized carbons (Fsp3) is 0.231. The Kier molecular flexibility index (Phi) is 5.37. The number of nitrogens with one attached hydrogen (secondary N) is 1. The molecular formula is C13H13F2N3O3S2. The summed E-state index contributed by atoms with van der Waals surface area (Å²) in [7, 11) is -2.14. The minimum absolute atomic E-state index is 0.0292. The number of halogens is 2. The molecule has 1 N–H and O–H groups in total. The summed E-state index contributed by atoms with van der Waals surface area (Å²) in [5.41, 5.74) is 0.152. The fourth-order valence-electron chi connectivity index (χ4n) is 1.62. The van der Waals surface area contributed by atoms with Gasteiger partial charge in [0.15, 0.2) is 16.8 Å². The van der Waals surface area contributed by atoms with Crippen molar-refractivity contribution in [3.63, 3.8) is 0 Å². The molecule has 0 saturated carbocycles. The van der Waals surface area contributed by atoms with Crippen LogP contribution in [0, 0.1) is 11.6 Å². The molecule has 1 aromatic carbocycles. The Hall–Kier alpha value is -1.94. The van der Waals surface area contributed by atoms with Crippen LogP contribution in [-0.4, -0.2) is 31.8 Å². The van der Waals surface area contributed by atoms with Gasteiger partial charge in [-0.2, -0.15) is 4.98 Å². The number of aromatic nitrogens is 2. The van der Waals surface area contributed by atoms with E-state index in [0.29, 0.717) is 0 Å². The quantitative estimate of drug-likeness (QED) is 0.629. The van der Waals surface area contributed by atoms with Crippen molar-refractivity contribution in [2.45, 2.75) is 10.9 Å². The van der Waals surface area contributed by atoms with Crippen molar-refractivity contribution < 1.29 is 21.9 Å². The van der Waals surface area contributed by atoms with E-state index in [1.54, 1.807) is 0 Å². The van der Waals surface area contributed by atoms with E-state index in [9.17, 15) is 17.2 Å². The highest BCUT2D eigenvalue weighted by Crippen LogP contribution is 2.25. The van der Waals surface area contributed by atoms with E-state index >= 15 is 0 Å². The molecule has 0 amide bonds. The zero-order valence-corrected chi connectivity index (χ0v) is 13.8. The van der Waals surface area contributed by atoms with Crippen molar-refractivity contribution in [2.75, 3.05) is 18.1 Å². The van der Waals surface area contributed by atoms with Crippen LogP contribution in [0.3, 0.4) is 0 Å². The van der Waals surface area contributed by atoms with E-state index in [1.165, 1.54) is 25.3 Å². The van der Waals surface area contributed by atoms with Gasteiger partial charge >= 0.3 is 0 Å². The van der Waals surface area contributed by atoms with Crippen molar-refractivity contribution in [3.05, 3.63) is 41.5 Å². The molecule has 0 saturated heterocycles. The van der Waals surface area contributed by atoms with Crippen molar-refractivity contribution in [3.8, 4) is 5.88 Å². The molecule has 1 aromatic heterocycles. The van der Waals surface area contributed by atoms with Crippen molar-refractivity contribution in [2.24, 2.45) is 0 Å². The summed E-state index contributed by atoms with van der Waals surface area (Å²) in [6.45, 7) is 0. The molecule has 0 aliphatic rings. The predicted octanol–water partition coefficient (Wildman–Crippen LogP) is 2.43. The summed E-state index contributed by atoms with van der Waals surface area (Å²) in [5, 5.41) is 0.166. The molecular weight excluding hydrogens is 348 g/mol. The first kappa shape index (κ1) is 17.4. The Morgan fingerprint density at radius 1 is 1.30 bits per heavy atom. The second kappa shape index (κ2) is 7.09. The molecule has 2 aromatic rings. The summed E-state index contributed by atoms with van der Waals surface area (Å²) in [6.07, 6.45) is 0.983. The highest BCUT2D eigenvalue weighted by atomic mass is 32.2. The van der Waals surface area contributed by atoms with Crippen LogP contribution >= 0.6 is 11.8 Å². The third-order valence-electron chi connectivity index (χ3n) is 2.57. The van der Waals surface area contributed by atoms with E-state index in [4.69, 9.17) is 4.74 Å². The predicted molar refractivity (Wildman–Crippen MR) is 83.0 cm³/mol. The van der Waals surface area contributed by atoms with Gasteiger partial charge in [0.1, 0.15) is 5.82 Å². The van der Waals surface area contributed by atoms with Gasteiger partial charge in [0.05, 0.1) is 13.4 Å². The first-order chi connectivity index (χ1) is 10.8. The van der Waals surface area contributed by atoms with Gasteiger partial charge in [-0.05, 0) is 6.07 Å². The van der Waals surface area contributed by atoms with Gasteiger partial charge in [-0.1, -0.05) is 23.9 Å². The number of ether oxygens (including phenoxy) is 1. The number of sulfonamides is 1. The van der Waals surface area contributed by atoms with Gasteiger partial charge in [-0.15, -0.1) is 0 Å². The standard InChI is InChI=1S/C13H13F2N3O3S2/c1-21-11-6-10(18-23(2,19)20)16-13(17-11)22-7-8-4-3-5-9(14)12(8)15/h3-6H,7H2,1-2H3,(H,16,17,18). The molecule has 0 spiro atoms. The minimum atomic E-state index is -3.51. The molecule has 0 bridgehead atoms. The first-order valence-electron chi connectivity index (χ1n) is 6.25. The van der Waals surface area contributed by atoms with Gasteiger partial charge in [0.25, 0.3) is 0 Å². The molecule has 124 valence electrons. The lowest BCUT2D eigenvalue weighted by molar-refractivity contribution is 0.393. The summed E-state index contributed by atoms with van der Waals surface area (Å²) in [6, 6.07) is 5.19. The van der Waals surface area contributed by atoms with E-state index in [1.807, 2.05) is 0 Å². The van der Waals surface area contributed by atoms with Crippen LogP contribution in [0.1, 0.15) is 5.56 Å². The summed E-state index contributed by atoms with van der Waals surface area (Å²) in [4.78, 5) is 8.03.